The number of hydrogen-bond donors (Lipinski definition) is 2. The Balaban J connectivity index is 1.84. The molecule has 2 aromatic rings. The number of ether oxygens (including phenoxy) is 1. The van der Waals surface area contributed by atoms with Gasteiger partial charge in [-0.15, -0.1) is 11.3 Å². The van der Waals surface area contributed by atoms with E-state index >= 15 is 0 Å². The van der Waals surface area contributed by atoms with Crippen LogP contribution in [0, 0.1) is 5.41 Å². The van der Waals surface area contributed by atoms with Gasteiger partial charge in [-0.05, 0) is 31.0 Å². The summed E-state index contributed by atoms with van der Waals surface area (Å²) in [5.41, 5.74) is 8.47. The molecule has 1 aliphatic heterocycles. The van der Waals surface area contributed by atoms with E-state index < -0.39 is 5.41 Å². The summed E-state index contributed by atoms with van der Waals surface area (Å²) in [5.74, 6) is -0.151. The van der Waals surface area contributed by atoms with E-state index in [0.717, 1.165) is 15.9 Å². The number of anilines is 1. The van der Waals surface area contributed by atoms with E-state index in [9.17, 15) is 4.79 Å². The number of fused-ring (bicyclic) bond motifs is 1. The number of carbonyl (C=O) groups is 1. The number of nitrogens with one attached hydrogen (secondary N) is 1. The predicted molar refractivity (Wildman–Crippen MR) is 87.5 cm³/mol. The molecule has 0 unspecified atom stereocenters. The molecular weight excluding hydrogens is 306 g/mol. The average molecular weight is 321 g/mol. The van der Waals surface area contributed by atoms with Crippen molar-refractivity contribution >= 4 is 50.4 Å². The van der Waals surface area contributed by atoms with Crippen LogP contribution in [-0.4, -0.2) is 29.1 Å². The monoisotopic (exact) mass is 321 g/mol. The number of hydrogen-bond acceptors (Lipinski definition) is 5. The molecule has 0 aliphatic carbocycles. The Hall–Kier alpha value is -1.57. The fourth-order valence-corrected chi connectivity index (χ4v) is 3.50. The predicted octanol–water partition coefficient (Wildman–Crippen LogP) is 2.32. The van der Waals surface area contributed by atoms with Gasteiger partial charge < -0.3 is 15.8 Å². The Morgan fingerprint density at radius 3 is 2.90 bits per heavy atom. The normalized spacial score (nSPS) is 17.5. The molecule has 0 bridgehead atoms. The number of thiazole rings is 1. The molecule has 1 amide bonds. The zero-order chi connectivity index (χ0) is 14.9. The van der Waals surface area contributed by atoms with Gasteiger partial charge in [0.1, 0.15) is 5.41 Å². The number of rotatable bonds is 3. The molecule has 0 spiro atoms. The number of aromatic nitrogens is 1. The second-order valence-electron chi connectivity index (χ2n) is 5.05. The fraction of sp³-hybridized carbons (Fsp3) is 0.357. The average Bonchev–Trinajstić information content (AvgIpc) is 2.95. The smallest absolute Gasteiger partial charge is 0.237 e. The van der Waals surface area contributed by atoms with Crippen LogP contribution in [-0.2, 0) is 9.53 Å². The minimum atomic E-state index is -0.809. The van der Waals surface area contributed by atoms with Gasteiger partial charge in [0.25, 0.3) is 0 Å². The maximum Gasteiger partial charge on any atom is 0.237 e. The van der Waals surface area contributed by atoms with E-state index in [2.05, 4.69) is 10.3 Å². The van der Waals surface area contributed by atoms with Crippen molar-refractivity contribution < 1.29 is 9.53 Å². The van der Waals surface area contributed by atoms with Crippen molar-refractivity contribution in [1.82, 2.24) is 4.98 Å². The molecule has 1 aromatic heterocycles. The van der Waals surface area contributed by atoms with Crippen molar-refractivity contribution in [3.8, 4) is 0 Å². The van der Waals surface area contributed by atoms with Crippen LogP contribution in [0.15, 0.2) is 23.7 Å². The van der Waals surface area contributed by atoms with Gasteiger partial charge in [0.05, 0.1) is 20.7 Å². The SMILES string of the molecule is NC(=S)C1(C(=O)Nc2ccc3ncsc3c2)CCOCC1. The van der Waals surface area contributed by atoms with Gasteiger partial charge in [-0.25, -0.2) is 4.98 Å². The highest BCUT2D eigenvalue weighted by atomic mass is 32.1. The lowest BCUT2D eigenvalue weighted by atomic mass is 9.79. The molecular formula is C14H15N3O2S2. The first-order valence-corrected chi connectivity index (χ1v) is 7.93. The van der Waals surface area contributed by atoms with Gasteiger partial charge in [0.15, 0.2) is 0 Å². The highest BCUT2D eigenvalue weighted by molar-refractivity contribution is 7.80. The van der Waals surface area contributed by atoms with Crippen molar-refractivity contribution in [1.29, 1.82) is 0 Å². The van der Waals surface area contributed by atoms with Gasteiger partial charge in [0.2, 0.25) is 5.91 Å². The molecule has 3 N–H and O–H groups in total. The summed E-state index contributed by atoms with van der Waals surface area (Å²) in [7, 11) is 0. The number of benzene rings is 1. The summed E-state index contributed by atoms with van der Waals surface area (Å²) in [4.78, 5) is 17.1. The molecule has 21 heavy (non-hydrogen) atoms. The van der Waals surface area contributed by atoms with Crippen molar-refractivity contribution in [2.45, 2.75) is 12.8 Å². The molecule has 1 saturated heterocycles. The lowest BCUT2D eigenvalue weighted by molar-refractivity contribution is -0.126. The van der Waals surface area contributed by atoms with E-state index in [0.29, 0.717) is 26.1 Å². The molecule has 5 nitrogen and oxygen atoms in total. The van der Waals surface area contributed by atoms with Crippen LogP contribution in [0.25, 0.3) is 10.2 Å². The fourth-order valence-electron chi connectivity index (χ4n) is 2.49. The zero-order valence-electron chi connectivity index (χ0n) is 11.3. The van der Waals surface area contributed by atoms with Crippen LogP contribution in [0.3, 0.4) is 0 Å². The maximum atomic E-state index is 12.7. The first-order valence-electron chi connectivity index (χ1n) is 6.64. The molecule has 110 valence electrons. The Bertz CT molecular complexity index is 692. The number of carbonyl (C=O) groups excluding carboxylic acids is 1. The third-order valence-electron chi connectivity index (χ3n) is 3.84. The third-order valence-corrected chi connectivity index (χ3v) is 5.02. The van der Waals surface area contributed by atoms with Gasteiger partial charge in [-0.2, -0.15) is 0 Å². The zero-order valence-corrected chi connectivity index (χ0v) is 12.9. The van der Waals surface area contributed by atoms with Gasteiger partial charge >= 0.3 is 0 Å². The van der Waals surface area contributed by atoms with Crippen LogP contribution in [0.1, 0.15) is 12.8 Å². The summed E-state index contributed by atoms with van der Waals surface area (Å²) < 4.78 is 6.35. The highest BCUT2D eigenvalue weighted by Gasteiger charge is 2.43. The minimum Gasteiger partial charge on any atom is -0.392 e. The lowest BCUT2D eigenvalue weighted by Gasteiger charge is -2.34. The molecule has 0 atom stereocenters. The number of thiocarbonyl (C=S) groups is 1. The topological polar surface area (TPSA) is 77.2 Å². The van der Waals surface area contributed by atoms with Gasteiger partial charge in [-0.3, -0.25) is 4.79 Å². The van der Waals surface area contributed by atoms with Crippen molar-refractivity contribution in [3.63, 3.8) is 0 Å². The molecule has 7 heteroatoms. The summed E-state index contributed by atoms with van der Waals surface area (Å²) >= 11 is 6.67. The molecule has 3 rings (SSSR count). The Labute approximate surface area is 131 Å². The second kappa shape index (κ2) is 5.67. The lowest BCUT2D eigenvalue weighted by Crippen LogP contribution is -2.49. The summed E-state index contributed by atoms with van der Waals surface area (Å²) in [6.45, 7) is 0.997. The number of nitrogens with two attached hydrogens (primary N) is 1. The molecule has 0 radical (unpaired) electrons. The quantitative estimate of drug-likeness (QED) is 0.848. The second-order valence-corrected chi connectivity index (χ2v) is 6.37. The van der Waals surface area contributed by atoms with Crippen molar-refractivity contribution in [2.75, 3.05) is 18.5 Å². The van der Waals surface area contributed by atoms with Crippen LogP contribution < -0.4 is 11.1 Å². The Morgan fingerprint density at radius 1 is 1.43 bits per heavy atom. The van der Waals surface area contributed by atoms with Crippen LogP contribution in [0.4, 0.5) is 5.69 Å². The largest absolute Gasteiger partial charge is 0.392 e. The van der Waals surface area contributed by atoms with Crippen molar-refractivity contribution in [2.24, 2.45) is 11.1 Å². The summed E-state index contributed by atoms with van der Waals surface area (Å²) in [5, 5.41) is 2.93. The third kappa shape index (κ3) is 2.64. The summed E-state index contributed by atoms with van der Waals surface area (Å²) in [6.07, 6.45) is 1.05. The standard InChI is InChI=1S/C14H15N3O2S2/c15-12(20)14(3-5-19-6-4-14)13(18)17-9-1-2-10-11(7-9)21-8-16-10/h1-2,7-8H,3-6H2,(H2,15,20)(H,17,18). The van der Waals surface area contributed by atoms with E-state index in [1.54, 1.807) is 5.51 Å². The van der Waals surface area contributed by atoms with E-state index in [1.165, 1.54) is 11.3 Å². The van der Waals surface area contributed by atoms with E-state index in [-0.39, 0.29) is 10.9 Å². The van der Waals surface area contributed by atoms with E-state index in [4.69, 9.17) is 22.7 Å². The first kappa shape index (κ1) is 14.4. The molecule has 2 heterocycles. The van der Waals surface area contributed by atoms with Crippen LogP contribution >= 0.6 is 23.6 Å². The maximum absolute atomic E-state index is 12.7. The van der Waals surface area contributed by atoms with Crippen molar-refractivity contribution in [3.05, 3.63) is 23.7 Å². The van der Waals surface area contributed by atoms with Crippen LogP contribution in [0.2, 0.25) is 0 Å². The molecule has 1 fully saturated rings. The molecule has 1 aliphatic rings. The Morgan fingerprint density at radius 2 is 2.19 bits per heavy atom. The molecule has 1 aromatic carbocycles. The molecule has 0 saturated carbocycles. The number of amides is 1. The number of nitrogens with zero attached hydrogens (tertiary/aromatic N) is 1. The first-order chi connectivity index (χ1) is 10.1. The van der Waals surface area contributed by atoms with Gasteiger partial charge in [0, 0.05) is 18.9 Å². The van der Waals surface area contributed by atoms with E-state index in [1.807, 2.05) is 18.2 Å². The summed E-state index contributed by atoms with van der Waals surface area (Å²) in [6, 6.07) is 5.64. The van der Waals surface area contributed by atoms with Crippen LogP contribution in [0.5, 0.6) is 0 Å². The highest BCUT2D eigenvalue weighted by Crippen LogP contribution is 2.33. The Kier molecular flexibility index (Phi) is 3.88. The minimum absolute atomic E-state index is 0.151. The van der Waals surface area contributed by atoms with Gasteiger partial charge in [-0.1, -0.05) is 12.2 Å².